The Bertz CT molecular complexity index is 495. The summed E-state index contributed by atoms with van der Waals surface area (Å²) in [6, 6.07) is 8.51. The van der Waals surface area contributed by atoms with Gasteiger partial charge in [-0.1, -0.05) is 48.6 Å². The summed E-state index contributed by atoms with van der Waals surface area (Å²) in [7, 11) is 0. The van der Waals surface area contributed by atoms with Gasteiger partial charge in [-0.2, -0.15) is 0 Å². The van der Waals surface area contributed by atoms with Crippen LogP contribution >= 0.6 is 0 Å². The van der Waals surface area contributed by atoms with Crippen molar-refractivity contribution in [2.75, 3.05) is 0 Å². The molecule has 0 aliphatic heterocycles. The molecule has 3 rings (SSSR count). The van der Waals surface area contributed by atoms with Crippen molar-refractivity contribution in [1.82, 2.24) is 0 Å². The lowest BCUT2D eigenvalue weighted by atomic mass is 9.83. The molecular formula is C14H10. The Labute approximate surface area is 83.6 Å². The Hall–Kier alpha value is -1.78. The van der Waals surface area contributed by atoms with Crippen molar-refractivity contribution in [2.24, 2.45) is 0 Å². The first-order valence-electron chi connectivity index (χ1n) is 4.85. The standard InChI is InChI=1S/C14H10/c1-3-7-13-11(5-1)9-10-12-6-2-4-8-14(12)13/h1-9,14H. The lowest BCUT2D eigenvalue weighted by Crippen LogP contribution is -2.04. The minimum Gasteiger partial charge on any atom is -0.116 e. The van der Waals surface area contributed by atoms with E-state index in [9.17, 15) is 0 Å². The monoisotopic (exact) mass is 178 g/mol. The average molecular weight is 178 g/mol. The lowest BCUT2D eigenvalue weighted by Gasteiger charge is -2.20. The van der Waals surface area contributed by atoms with E-state index in [4.69, 9.17) is 0 Å². The van der Waals surface area contributed by atoms with Gasteiger partial charge in [0.15, 0.2) is 0 Å². The summed E-state index contributed by atoms with van der Waals surface area (Å²) < 4.78 is 0. The van der Waals surface area contributed by atoms with Crippen molar-refractivity contribution in [2.45, 2.75) is 5.92 Å². The summed E-state index contributed by atoms with van der Waals surface area (Å²) in [6.07, 6.45) is 10.6. The number of rotatable bonds is 0. The Morgan fingerprint density at radius 1 is 1.07 bits per heavy atom. The summed E-state index contributed by atoms with van der Waals surface area (Å²) in [4.78, 5) is 0. The normalized spacial score (nSPS) is 21.4. The van der Waals surface area contributed by atoms with Crippen LogP contribution in [0.4, 0.5) is 0 Å². The number of benzene rings is 1. The van der Waals surface area contributed by atoms with Crippen LogP contribution in [0.15, 0.2) is 59.9 Å². The van der Waals surface area contributed by atoms with E-state index in [2.05, 4.69) is 60.4 Å². The highest BCUT2D eigenvalue weighted by atomic mass is 14.2. The van der Waals surface area contributed by atoms with Gasteiger partial charge in [-0.25, -0.2) is 0 Å². The molecule has 0 aromatic heterocycles. The Kier molecular flexibility index (Phi) is 1.56. The summed E-state index contributed by atoms with van der Waals surface area (Å²) in [5, 5.41) is 0. The van der Waals surface area contributed by atoms with Gasteiger partial charge in [0.1, 0.15) is 0 Å². The second-order valence-corrected chi connectivity index (χ2v) is 3.59. The predicted octanol–water partition coefficient (Wildman–Crippen LogP) is 3.45. The van der Waals surface area contributed by atoms with Gasteiger partial charge in [-0.15, -0.1) is 5.73 Å². The van der Waals surface area contributed by atoms with Crippen LogP contribution in [-0.2, 0) is 0 Å². The van der Waals surface area contributed by atoms with E-state index in [-0.39, 0.29) is 0 Å². The van der Waals surface area contributed by atoms with Gasteiger partial charge in [0.25, 0.3) is 0 Å². The quantitative estimate of drug-likeness (QED) is 0.534. The number of allylic oxidation sites excluding steroid dienone is 5. The molecule has 0 N–H and O–H groups in total. The SMILES string of the molecule is C1=Cc2ccccc2C2C=CC=CC=12. The molecule has 0 bridgehead atoms. The van der Waals surface area contributed by atoms with E-state index in [1.54, 1.807) is 0 Å². The number of hydrogen-bond acceptors (Lipinski definition) is 0. The third kappa shape index (κ3) is 1.02. The van der Waals surface area contributed by atoms with Crippen molar-refractivity contribution in [3.05, 3.63) is 71.0 Å². The molecule has 1 aromatic rings. The van der Waals surface area contributed by atoms with Gasteiger partial charge in [0, 0.05) is 11.5 Å². The van der Waals surface area contributed by atoms with Crippen LogP contribution < -0.4 is 0 Å². The summed E-state index contributed by atoms with van der Waals surface area (Å²) >= 11 is 0. The zero-order valence-electron chi connectivity index (χ0n) is 7.77. The van der Waals surface area contributed by atoms with Crippen molar-refractivity contribution < 1.29 is 0 Å². The maximum absolute atomic E-state index is 3.33. The molecule has 0 spiro atoms. The van der Waals surface area contributed by atoms with Gasteiger partial charge in [0.2, 0.25) is 0 Å². The molecule has 1 aromatic carbocycles. The molecule has 0 amide bonds. The molecule has 0 nitrogen and oxygen atoms in total. The lowest BCUT2D eigenvalue weighted by molar-refractivity contribution is 1.01. The van der Waals surface area contributed by atoms with Crippen molar-refractivity contribution in [3.8, 4) is 0 Å². The maximum Gasteiger partial charge on any atom is 0.0352 e. The number of fused-ring (bicyclic) bond motifs is 3. The zero-order valence-corrected chi connectivity index (χ0v) is 7.77. The Morgan fingerprint density at radius 2 is 2.00 bits per heavy atom. The number of hydrogen-bond donors (Lipinski definition) is 0. The zero-order chi connectivity index (χ0) is 9.38. The van der Waals surface area contributed by atoms with Crippen LogP contribution in [-0.4, -0.2) is 0 Å². The van der Waals surface area contributed by atoms with Gasteiger partial charge < -0.3 is 0 Å². The van der Waals surface area contributed by atoms with E-state index < -0.39 is 0 Å². The molecule has 0 heteroatoms. The van der Waals surface area contributed by atoms with Crippen LogP contribution in [0.2, 0.25) is 0 Å². The molecule has 1 atom stereocenters. The van der Waals surface area contributed by atoms with E-state index in [0.29, 0.717) is 5.92 Å². The predicted molar refractivity (Wildman–Crippen MR) is 59.0 cm³/mol. The molecule has 66 valence electrons. The first-order chi connectivity index (χ1) is 6.95. The molecule has 14 heavy (non-hydrogen) atoms. The molecule has 0 fully saturated rings. The molecule has 0 saturated heterocycles. The molecule has 2 aliphatic rings. The van der Waals surface area contributed by atoms with Crippen molar-refractivity contribution >= 4 is 6.08 Å². The smallest absolute Gasteiger partial charge is 0.0352 e. The van der Waals surface area contributed by atoms with Gasteiger partial charge >= 0.3 is 0 Å². The van der Waals surface area contributed by atoms with Gasteiger partial charge in [-0.05, 0) is 17.2 Å². The van der Waals surface area contributed by atoms with Gasteiger partial charge in [-0.3, -0.25) is 0 Å². The Balaban J connectivity index is 2.26. The highest BCUT2D eigenvalue weighted by Gasteiger charge is 2.18. The second kappa shape index (κ2) is 2.87. The molecule has 0 radical (unpaired) electrons. The van der Waals surface area contributed by atoms with Crippen LogP contribution in [0, 0.1) is 0 Å². The molecule has 2 aliphatic carbocycles. The van der Waals surface area contributed by atoms with E-state index >= 15 is 0 Å². The summed E-state index contributed by atoms with van der Waals surface area (Å²) in [5.41, 5.74) is 7.28. The minimum atomic E-state index is 0.418. The van der Waals surface area contributed by atoms with Crippen molar-refractivity contribution in [3.63, 3.8) is 0 Å². The van der Waals surface area contributed by atoms with Crippen LogP contribution in [0.25, 0.3) is 6.08 Å². The fraction of sp³-hybridized carbons (Fsp3) is 0.0714. The van der Waals surface area contributed by atoms with Gasteiger partial charge in [0.05, 0.1) is 0 Å². The minimum absolute atomic E-state index is 0.418. The Morgan fingerprint density at radius 3 is 3.00 bits per heavy atom. The highest BCUT2D eigenvalue weighted by Crippen LogP contribution is 2.34. The molecule has 0 heterocycles. The molecular weight excluding hydrogens is 168 g/mol. The summed E-state index contributed by atoms with van der Waals surface area (Å²) in [6.45, 7) is 0. The van der Waals surface area contributed by atoms with Crippen LogP contribution in [0.5, 0.6) is 0 Å². The topological polar surface area (TPSA) is 0 Å². The fourth-order valence-electron chi connectivity index (χ4n) is 2.04. The first-order valence-corrected chi connectivity index (χ1v) is 4.85. The van der Waals surface area contributed by atoms with Crippen LogP contribution in [0.1, 0.15) is 17.0 Å². The second-order valence-electron chi connectivity index (χ2n) is 3.59. The van der Waals surface area contributed by atoms with Crippen LogP contribution in [0.3, 0.4) is 0 Å². The molecule has 1 unspecified atom stereocenters. The largest absolute Gasteiger partial charge is 0.116 e. The van der Waals surface area contributed by atoms with E-state index in [1.165, 1.54) is 16.7 Å². The first kappa shape index (κ1) is 7.61. The molecule has 0 saturated carbocycles. The fourth-order valence-corrected chi connectivity index (χ4v) is 2.04. The van der Waals surface area contributed by atoms with Crippen molar-refractivity contribution in [1.29, 1.82) is 0 Å². The third-order valence-corrected chi connectivity index (χ3v) is 2.75. The summed E-state index contributed by atoms with van der Waals surface area (Å²) in [5.74, 6) is 0.418. The average Bonchev–Trinajstić information content (AvgIpc) is 2.29. The van der Waals surface area contributed by atoms with E-state index in [0.717, 1.165) is 0 Å². The highest BCUT2D eigenvalue weighted by molar-refractivity contribution is 5.63. The van der Waals surface area contributed by atoms with E-state index in [1.807, 2.05) is 0 Å². The third-order valence-electron chi connectivity index (χ3n) is 2.75. The maximum atomic E-state index is 3.33.